The number of nitrogens with zero attached hydrogens (tertiary/aromatic N) is 2. The molecule has 1 N–H and O–H groups in total. The van der Waals surface area contributed by atoms with Crippen molar-refractivity contribution < 1.29 is 4.79 Å². The highest BCUT2D eigenvalue weighted by Crippen LogP contribution is 2.32. The van der Waals surface area contributed by atoms with Crippen LogP contribution in [0, 0.1) is 6.92 Å². The van der Waals surface area contributed by atoms with E-state index < -0.39 is 0 Å². The SMILES string of the molecule is Cc1ccc2nc(N3C(=O)C(=Cc4ccc(Cl)cc4)NC3=S)sc2c1. The molecule has 0 bridgehead atoms. The highest BCUT2D eigenvalue weighted by Gasteiger charge is 2.34. The van der Waals surface area contributed by atoms with Gasteiger partial charge >= 0.3 is 0 Å². The van der Waals surface area contributed by atoms with Crippen LogP contribution in [-0.4, -0.2) is 16.0 Å². The maximum atomic E-state index is 12.8. The van der Waals surface area contributed by atoms with E-state index in [0.29, 0.717) is 21.0 Å². The first-order valence-corrected chi connectivity index (χ1v) is 9.11. The van der Waals surface area contributed by atoms with Crippen LogP contribution in [-0.2, 0) is 4.79 Å². The molecule has 0 radical (unpaired) electrons. The monoisotopic (exact) mass is 385 g/mol. The number of amides is 1. The third kappa shape index (κ3) is 3.04. The van der Waals surface area contributed by atoms with Gasteiger partial charge in [0, 0.05) is 5.02 Å². The Bertz CT molecular complexity index is 1040. The fourth-order valence-corrected chi connectivity index (χ4v) is 4.08. The fraction of sp³-hybridized carbons (Fsp3) is 0.0556. The van der Waals surface area contributed by atoms with Crippen LogP contribution < -0.4 is 10.2 Å². The Balaban J connectivity index is 1.69. The van der Waals surface area contributed by atoms with Gasteiger partial charge in [-0.25, -0.2) is 9.88 Å². The number of rotatable bonds is 2. The minimum Gasteiger partial charge on any atom is -0.327 e. The molecule has 1 aliphatic rings. The Hall–Kier alpha value is -2.28. The van der Waals surface area contributed by atoms with E-state index in [1.54, 1.807) is 18.2 Å². The van der Waals surface area contributed by atoms with Crippen molar-refractivity contribution in [1.82, 2.24) is 10.3 Å². The summed E-state index contributed by atoms with van der Waals surface area (Å²) in [6.45, 7) is 2.03. The Labute approximate surface area is 158 Å². The standard InChI is InChI=1S/C18H12ClN3OS2/c1-10-2-7-13-15(8-10)25-18(21-13)22-16(23)14(20-17(22)24)9-11-3-5-12(19)6-4-11/h2-9H,1H3,(H,20,24). The number of hydrogen-bond donors (Lipinski definition) is 1. The zero-order valence-corrected chi connectivity index (χ0v) is 15.5. The summed E-state index contributed by atoms with van der Waals surface area (Å²) in [4.78, 5) is 18.8. The van der Waals surface area contributed by atoms with Crippen LogP contribution in [0.2, 0.25) is 5.02 Å². The summed E-state index contributed by atoms with van der Waals surface area (Å²) in [5, 5.41) is 4.53. The number of thiocarbonyl (C=S) groups is 1. The van der Waals surface area contributed by atoms with Crippen LogP contribution in [0.4, 0.5) is 5.13 Å². The molecule has 4 nitrogen and oxygen atoms in total. The zero-order chi connectivity index (χ0) is 17.6. The van der Waals surface area contributed by atoms with E-state index in [1.807, 2.05) is 31.2 Å². The summed E-state index contributed by atoms with van der Waals surface area (Å²) >= 11 is 12.7. The largest absolute Gasteiger partial charge is 0.327 e. The summed E-state index contributed by atoms with van der Waals surface area (Å²) in [7, 11) is 0. The topological polar surface area (TPSA) is 45.2 Å². The van der Waals surface area contributed by atoms with Crippen molar-refractivity contribution in [2.45, 2.75) is 6.92 Å². The second kappa shape index (κ2) is 6.22. The van der Waals surface area contributed by atoms with Crippen molar-refractivity contribution in [1.29, 1.82) is 0 Å². The molecular formula is C18H12ClN3OS2. The molecule has 1 saturated heterocycles. The lowest BCUT2D eigenvalue weighted by Crippen LogP contribution is -2.30. The molecular weight excluding hydrogens is 374 g/mol. The van der Waals surface area contributed by atoms with Crippen molar-refractivity contribution in [2.24, 2.45) is 0 Å². The minimum absolute atomic E-state index is 0.212. The molecule has 0 atom stereocenters. The molecule has 25 heavy (non-hydrogen) atoms. The van der Waals surface area contributed by atoms with Crippen molar-refractivity contribution in [3.8, 4) is 0 Å². The zero-order valence-electron chi connectivity index (χ0n) is 13.1. The van der Waals surface area contributed by atoms with E-state index in [0.717, 1.165) is 21.3 Å². The van der Waals surface area contributed by atoms with Gasteiger partial charge in [-0.2, -0.15) is 0 Å². The first-order valence-electron chi connectivity index (χ1n) is 7.51. The molecule has 1 aromatic heterocycles. The lowest BCUT2D eigenvalue weighted by Gasteiger charge is -2.08. The van der Waals surface area contributed by atoms with Gasteiger partial charge in [-0.3, -0.25) is 4.79 Å². The van der Waals surface area contributed by atoms with E-state index in [-0.39, 0.29) is 5.91 Å². The van der Waals surface area contributed by atoms with E-state index in [1.165, 1.54) is 16.2 Å². The molecule has 1 amide bonds. The Morgan fingerprint density at radius 2 is 2.00 bits per heavy atom. The highest BCUT2D eigenvalue weighted by molar-refractivity contribution is 7.80. The van der Waals surface area contributed by atoms with Gasteiger partial charge < -0.3 is 5.32 Å². The van der Waals surface area contributed by atoms with Gasteiger partial charge in [-0.05, 0) is 60.6 Å². The van der Waals surface area contributed by atoms with E-state index >= 15 is 0 Å². The van der Waals surface area contributed by atoms with Gasteiger partial charge in [-0.1, -0.05) is 41.1 Å². The van der Waals surface area contributed by atoms with Crippen LogP contribution in [0.3, 0.4) is 0 Å². The first-order chi connectivity index (χ1) is 12.0. The minimum atomic E-state index is -0.212. The summed E-state index contributed by atoms with van der Waals surface area (Å²) in [6.07, 6.45) is 1.75. The Morgan fingerprint density at radius 1 is 1.24 bits per heavy atom. The summed E-state index contributed by atoms with van der Waals surface area (Å²) in [5.41, 5.74) is 3.29. The first kappa shape index (κ1) is 16.2. The molecule has 1 fully saturated rings. The summed E-state index contributed by atoms with van der Waals surface area (Å²) in [6, 6.07) is 13.2. The van der Waals surface area contributed by atoms with Gasteiger partial charge in [-0.15, -0.1) is 0 Å². The molecule has 3 aromatic rings. The highest BCUT2D eigenvalue weighted by atomic mass is 35.5. The van der Waals surface area contributed by atoms with Gasteiger partial charge in [0.25, 0.3) is 5.91 Å². The van der Waals surface area contributed by atoms with Crippen LogP contribution >= 0.6 is 35.2 Å². The van der Waals surface area contributed by atoms with Crippen LogP contribution in [0.15, 0.2) is 48.2 Å². The molecule has 0 unspecified atom stereocenters. The second-order valence-electron chi connectivity index (χ2n) is 5.65. The maximum absolute atomic E-state index is 12.8. The van der Waals surface area contributed by atoms with Gasteiger partial charge in [0.1, 0.15) is 5.70 Å². The van der Waals surface area contributed by atoms with Crippen LogP contribution in [0.5, 0.6) is 0 Å². The molecule has 4 rings (SSSR count). The smallest absolute Gasteiger partial charge is 0.282 e. The fourth-order valence-electron chi connectivity index (χ4n) is 2.55. The molecule has 2 aromatic carbocycles. The van der Waals surface area contributed by atoms with E-state index in [2.05, 4.69) is 16.4 Å². The number of benzene rings is 2. The predicted octanol–water partition coefficient (Wildman–Crippen LogP) is 4.52. The number of halogens is 1. The number of nitrogens with one attached hydrogen (secondary N) is 1. The van der Waals surface area contributed by atoms with Crippen LogP contribution in [0.25, 0.3) is 16.3 Å². The third-order valence-electron chi connectivity index (χ3n) is 3.78. The Morgan fingerprint density at radius 3 is 2.76 bits per heavy atom. The number of fused-ring (bicyclic) bond motifs is 1. The molecule has 7 heteroatoms. The second-order valence-corrected chi connectivity index (χ2v) is 7.48. The summed E-state index contributed by atoms with van der Waals surface area (Å²) in [5.74, 6) is -0.212. The lowest BCUT2D eigenvalue weighted by atomic mass is 10.2. The molecule has 1 aliphatic heterocycles. The maximum Gasteiger partial charge on any atom is 0.282 e. The van der Waals surface area contributed by atoms with E-state index in [4.69, 9.17) is 23.8 Å². The van der Waals surface area contributed by atoms with Gasteiger partial charge in [0.15, 0.2) is 10.2 Å². The molecule has 0 spiro atoms. The van der Waals surface area contributed by atoms with Crippen molar-refractivity contribution >= 4 is 67.6 Å². The van der Waals surface area contributed by atoms with E-state index in [9.17, 15) is 4.79 Å². The Kier molecular flexibility index (Phi) is 4.03. The number of hydrogen-bond acceptors (Lipinski definition) is 4. The average Bonchev–Trinajstić information content (AvgIpc) is 3.10. The van der Waals surface area contributed by atoms with Crippen molar-refractivity contribution in [3.05, 3.63) is 64.3 Å². The summed E-state index contributed by atoms with van der Waals surface area (Å²) < 4.78 is 1.03. The molecule has 0 saturated carbocycles. The quantitative estimate of drug-likeness (QED) is 0.520. The number of carbonyl (C=O) groups is 1. The molecule has 124 valence electrons. The predicted molar refractivity (Wildman–Crippen MR) is 107 cm³/mol. The molecule has 2 heterocycles. The average molecular weight is 386 g/mol. The van der Waals surface area contributed by atoms with Gasteiger partial charge in [0.2, 0.25) is 0 Å². The number of aromatic nitrogens is 1. The van der Waals surface area contributed by atoms with Crippen molar-refractivity contribution in [2.75, 3.05) is 4.90 Å². The normalized spacial score (nSPS) is 16.1. The lowest BCUT2D eigenvalue weighted by molar-refractivity contribution is -0.113. The number of thiazole rings is 1. The third-order valence-corrected chi connectivity index (χ3v) is 5.32. The molecule has 0 aliphatic carbocycles. The van der Waals surface area contributed by atoms with Crippen LogP contribution in [0.1, 0.15) is 11.1 Å². The number of aryl methyl sites for hydroxylation is 1. The number of anilines is 1. The van der Waals surface area contributed by atoms with Gasteiger partial charge in [0.05, 0.1) is 10.2 Å². The van der Waals surface area contributed by atoms with Crippen molar-refractivity contribution in [3.63, 3.8) is 0 Å². The number of carbonyl (C=O) groups excluding carboxylic acids is 1.